The number of aromatic nitrogens is 1. The second-order valence-corrected chi connectivity index (χ2v) is 7.44. The average molecular weight is 401 g/mol. The lowest BCUT2D eigenvalue weighted by molar-refractivity contribution is -0.134. The van der Waals surface area contributed by atoms with Crippen molar-refractivity contribution >= 4 is 39.6 Å². The van der Waals surface area contributed by atoms with Gasteiger partial charge in [-0.3, -0.25) is 19.3 Å². The van der Waals surface area contributed by atoms with E-state index in [9.17, 15) is 14.4 Å². The zero-order valence-corrected chi connectivity index (χ0v) is 16.3. The normalized spacial score (nSPS) is 14.9. The topological polar surface area (TPSA) is 84.5 Å². The smallest absolute Gasteiger partial charge is 0.277 e. The van der Waals surface area contributed by atoms with Crippen molar-refractivity contribution in [3.05, 3.63) is 72.1 Å². The van der Waals surface area contributed by atoms with E-state index >= 15 is 0 Å². The molecule has 0 saturated carbocycles. The molecule has 0 saturated heterocycles. The van der Waals surface area contributed by atoms with Crippen LogP contribution >= 0.6 is 0 Å². The highest BCUT2D eigenvalue weighted by Gasteiger charge is 2.33. The highest BCUT2D eigenvalue weighted by atomic mass is 16.3. The van der Waals surface area contributed by atoms with Gasteiger partial charge in [-0.05, 0) is 31.2 Å². The first-order valence-electron chi connectivity index (χ1n) is 9.72. The minimum atomic E-state index is -0.464. The van der Waals surface area contributed by atoms with Crippen LogP contribution in [0.1, 0.15) is 29.2 Å². The molecule has 3 amide bonds. The van der Waals surface area contributed by atoms with Crippen LogP contribution in [0, 0.1) is 0 Å². The van der Waals surface area contributed by atoms with Crippen LogP contribution in [-0.4, -0.2) is 33.7 Å². The van der Waals surface area contributed by atoms with Gasteiger partial charge in [-0.15, -0.1) is 0 Å². The molecule has 1 aliphatic heterocycles. The van der Waals surface area contributed by atoms with Crippen LogP contribution in [0.4, 0.5) is 0 Å². The van der Waals surface area contributed by atoms with Gasteiger partial charge in [0.05, 0.1) is 6.04 Å². The number of para-hydroxylation sites is 2. The van der Waals surface area contributed by atoms with E-state index in [0.717, 1.165) is 26.8 Å². The molecule has 7 nitrogen and oxygen atoms in total. The lowest BCUT2D eigenvalue weighted by Crippen LogP contribution is -2.49. The van der Waals surface area contributed by atoms with Crippen LogP contribution in [0.15, 0.2) is 65.1 Å². The van der Waals surface area contributed by atoms with Gasteiger partial charge in [-0.25, -0.2) is 0 Å². The van der Waals surface area contributed by atoms with Crippen LogP contribution in [-0.2, 0) is 16.1 Å². The molecule has 1 aliphatic rings. The van der Waals surface area contributed by atoms with Gasteiger partial charge in [0.15, 0.2) is 0 Å². The van der Waals surface area contributed by atoms with Gasteiger partial charge in [0.1, 0.15) is 30.1 Å². The van der Waals surface area contributed by atoms with Gasteiger partial charge in [0.2, 0.25) is 11.8 Å². The number of nitrogens with one attached hydrogen (secondary N) is 1. The number of benzene rings is 2. The van der Waals surface area contributed by atoms with Gasteiger partial charge < -0.3 is 14.3 Å². The maximum absolute atomic E-state index is 12.9. The lowest BCUT2D eigenvalue weighted by atomic mass is 10.2. The number of nitrogens with zero attached hydrogens (tertiary/aromatic N) is 2. The summed E-state index contributed by atoms with van der Waals surface area (Å²) in [6, 6.07) is 18.3. The predicted molar refractivity (Wildman–Crippen MR) is 111 cm³/mol. The molecule has 2 aromatic carbocycles. The largest absolute Gasteiger partial charge is 0.459 e. The number of rotatable bonds is 4. The van der Waals surface area contributed by atoms with Crippen molar-refractivity contribution in [3.63, 3.8) is 0 Å². The zero-order chi connectivity index (χ0) is 20.8. The maximum Gasteiger partial charge on any atom is 0.277 e. The minimum Gasteiger partial charge on any atom is -0.459 e. The second kappa shape index (κ2) is 6.88. The molecule has 0 aliphatic carbocycles. The van der Waals surface area contributed by atoms with Crippen molar-refractivity contribution < 1.29 is 18.8 Å². The molecule has 0 unspecified atom stereocenters. The molecule has 7 heteroatoms. The molecule has 0 radical (unpaired) electrons. The molecule has 0 spiro atoms. The van der Waals surface area contributed by atoms with Gasteiger partial charge in [0, 0.05) is 16.3 Å². The molecule has 0 bridgehead atoms. The fraction of sp³-hybridized carbons (Fsp3) is 0.174. The molecule has 5 rings (SSSR count). The molecule has 1 N–H and O–H groups in total. The Labute approximate surface area is 171 Å². The minimum absolute atomic E-state index is 0.0288. The van der Waals surface area contributed by atoms with E-state index in [-0.39, 0.29) is 13.1 Å². The Morgan fingerprint density at radius 1 is 1.07 bits per heavy atom. The fourth-order valence-corrected chi connectivity index (χ4v) is 3.91. The van der Waals surface area contributed by atoms with Gasteiger partial charge in [-0.2, -0.15) is 0 Å². The molecule has 3 heterocycles. The first-order chi connectivity index (χ1) is 14.5. The summed E-state index contributed by atoms with van der Waals surface area (Å²) >= 11 is 0. The average Bonchev–Trinajstić information content (AvgIpc) is 3.33. The quantitative estimate of drug-likeness (QED) is 0.532. The van der Waals surface area contributed by atoms with Crippen molar-refractivity contribution in [1.29, 1.82) is 0 Å². The first-order valence-corrected chi connectivity index (χ1v) is 9.72. The SMILES string of the molecule is C[C@H](NC(=O)CN1C(=O)Cn2c(cc3ccccc32)C1=O)c1cc2ccccc2o1. The number of hydrogen-bond donors (Lipinski definition) is 1. The van der Waals surface area contributed by atoms with Crippen molar-refractivity contribution in [2.75, 3.05) is 6.54 Å². The van der Waals surface area contributed by atoms with Crippen molar-refractivity contribution in [2.24, 2.45) is 0 Å². The standard InChI is InChI=1S/C23H19N3O4/c1-14(20-11-16-7-3-5-9-19(16)30-20)24-21(27)12-26-22(28)13-25-17-8-4-2-6-15(17)10-18(25)23(26)29/h2-11,14H,12-13H2,1H3,(H,24,27)/t14-/m0/s1. The van der Waals surface area contributed by atoms with Crippen LogP contribution in [0.25, 0.3) is 21.9 Å². The molecule has 4 aromatic rings. The van der Waals surface area contributed by atoms with Crippen LogP contribution in [0.2, 0.25) is 0 Å². The molecule has 1 atom stereocenters. The Morgan fingerprint density at radius 2 is 1.80 bits per heavy atom. The Kier molecular flexibility index (Phi) is 4.17. The lowest BCUT2D eigenvalue weighted by Gasteiger charge is -2.26. The summed E-state index contributed by atoms with van der Waals surface area (Å²) in [5.74, 6) is -0.676. The van der Waals surface area contributed by atoms with Crippen molar-refractivity contribution in [3.8, 4) is 0 Å². The van der Waals surface area contributed by atoms with E-state index in [2.05, 4.69) is 5.32 Å². The number of carbonyl (C=O) groups is 3. The van der Waals surface area contributed by atoms with E-state index in [0.29, 0.717) is 11.5 Å². The highest BCUT2D eigenvalue weighted by molar-refractivity contribution is 6.11. The van der Waals surface area contributed by atoms with Crippen molar-refractivity contribution in [2.45, 2.75) is 19.5 Å². The molecular weight excluding hydrogens is 382 g/mol. The van der Waals surface area contributed by atoms with Crippen LogP contribution < -0.4 is 5.32 Å². The number of carbonyl (C=O) groups excluding carboxylic acids is 3. The molecule has 150 valence electrons. The van der Waals surface area contributed by atoms with Crippen LogP contribution in [0.5, 0.6) is 0 Å². The summed E-state index contributed by atoms with van der Waals surface area (Å²) in [6.45, 7) is 1.50. The first kappa shape index (κ1) is 18.2. The third-order valence-corrected chi connectivity index (χ3v) is 5.42. The Balaban J connectivity index is 1.33. The van der Waals surface area contributed by atoms with Gasteiger partial charge in [-0.1, -0.05) is 36.4 Å². The van der Waals surface area contributed by atoms with E-state index in [1.54, 1.807) is 17.6 Å². The number of imide groups is 1. The summed E-state index contributed by atoms with van der Waals surface area (Å²) in [4.78, 5) is 39.1. The van der Waals surface area contributed by atoms with E-state index < -0.39 is 23.8 Å². The summed E-state index contributed by atoms with van der Waals surface area (Å²) in [5, 5.41) is 4.65. The number of fused-ring (bicyclic) bond motifs is 4. The Morgan fingerprint density at radius 3 is 2.60 bits per heavy atom. The molecule has 2 aromatic heterocycles. The monoisotopic (exact) mass is 401 g/mol. The van der Waals surface area contributed by atoms with Crippen molar-refractivity contribution in [1.82, 2.24) is 14.8 Å². The Hall–Kier alpha value is -3.87. The molecular formula is C23H19N3O4. The third-order valence-electron chi connectivity index (χ3n) is 5.42. The summed E-state index contributed by atoms with van der Waals surface area (Å²) in [7, 11) is 0. The number of furan rings is 1. The molecule has 30 heavy (non-hydrogen) atoms. The van der Waals surface area contributed by atoms with Gasteiger partial charge in [0.25, 0.3) is 5.91 Å². The Bertz CT molecular complexity index is 1280. The second-order valence-electron chi connectivity index (χ2n) is 7.44. The van der Waals surface area contributed by atoms with E-state index in [4.69, 9.17) is 4.42 Å². The summed E-state index contributed by atoms with van der Waals surface area (Å²) in [6.07, 6.45) is 0. The number of amides is 3. The fourth-order valence-electron chi connectivity index (χ4n) is 3.91. The summed E-state index contributed by atoms with van der Waals surface area (Å²) in [5.41, 5.74) is 1.98. The zero-order valence-electron chi connectivity index (χ0n) is 16.3. The van der Waals surface area contributed by atoms with Crippen LogP contribution in [0.3, 0.4) is 0 Å². The molecule has 0 fully saturated rings. The van der Waals surface area contributed by atoms with E-state index in [1.807, 2.05) is 54.6 Å². The number of hydrogen-bond acceptors (Lipinski definition) is 4. The van der Waals surface area contributed by atoms with E-state index in [1.165, 1.54) is 0 Å². The third kappa shape index (κ3) is 2.95. The predicted octanol–water partition coefficient (Wildman–Crippen LogP) is 3.25. The maximum atomic E-state index is 12.9. The van der Waals surface area contributed by atoms with Gasteiger partial charge >= 0.3 is 0 Å². The summed E-state index contributed by atoms with van der Waals surface area (Å²) < 4.78 is 7.48. The highest BCUT2D eigenvalue weighted by Crippen LogP contribution is 2.25.